The molecule has 2 aromatic rings. The number of aliphatic carboxylic acids is 1. The number of nitrogens with one attached hydrogen (secondary N) is 1. The molecular formula is C12H14N2O2. The second-order valence-corrected chi connectivity index (χ2v) is 3.84. The second-order valence-electron chi connectivity index (χ2n) is 3.84. The van der Waals surface area contributed by atoms with Gasteiger partial charge in [0.05, 0.1) is 0 Å². The lowest BCUT2D eigenvalue weighted by Crippen LogP contribution is -2.30. The monoisotopic (exact) mass is 218 g/mol. The molecule has 0 amide bonds. The Kier molecular flexibility index (Phi) is 2.92. The number of aromatic amines is 1. The molecule has 0 aliphatic rings. The number of aromatic nitrogens is 1. The molecule has 0 saturated heterocycles. The molecule has 1 aromatic carbocycles. The number of benzene rings is 1. The SMILES string of the molecule is N[C@H](CCc1c[nH]c2ccccc12)C(=O)O. The van der Waals surface area contributed by atoms with Crippen molar-refractivity contribution in [3.63, 3.8) is 0 Å². The van der Waals surface area contributed by atoms with Crippen molar-refractivity contribution in [3.8, 4) is 0 Å². The third kappa shape index (κ3) is 2.06. The van der Waals surface area contributed by atoms with Crippen LogP contribution in [0.15, 0.2) is 30.5 Å². The fraction of sp³-hybridized carbons (Fsp3) is 0.250. The smallest absolute Gasteiger partial charge is 0.320 e. The minimum absolute atomic E-state index is 0.456. The predicted octanol–water partition coefficient (Wildman–Crippen LogP) is 1.51. The Bertz CT molecular complexity index is 504. The molecular weight excluding hydrogens is 204 g/mol. The fourth-order valence-electron chi connectivity index (χ4n) is 1.77. The molecule has 2 rings (SSSR count). The summed E-state index contributed by atoms with van der Waals surface area (Å²) >= 11 is 0. The van der Waals surface area contributed by atoms with Gasteiger partial charge in [-0.15, -0.1) is 0 Å². The van der Waals surface area contributed by atoms with Gasteiger partial charge in [-0.3, -0.25) is 4.79 Å². The largest absolute Gasteiger partial charge is 0.480 e. The van der Waals surface area contributed by atoms with Gasteiger partial charge in [-0.25, -0.2) is 0 Å². The fourth-order valence-corrected chi connectivity index (χ4v) is 1.77. The van der Waals surface area contributed by atoms with Crippen LogP contribution < -0.4 is 5.73 Å². The highest BCUT2D eigenvalue weighted by Gasteiger charge is 2.12. The van der Waals surface area contributed by atoms with Gasteiger partial charge in [-0.2, -0.15) is 0 Å². The number of hydrogen-bond acceptors (Lipinski definition) is 2. The van der Waals surface area contributed by atoms with Crippen LogP contribution in [-0.4, -0.2) is 22.1 Å². The van der Waals surface area contributed by atoms with Gasteiger partial charge >= 0.3 is 5.97 Å². The Hall–Kier alpha value is -1.81. The lowest BCUT2D eigenvalue weighted by Gasteiger charge is -2.04. The molecule has 1 heterocycles. The molecule has 0 aliphatic heterocycles. The molecule has 84 valence electrons. The first-order chi connectivity index (χ1) is 7.68. The quantitative estimate of drug-likeness (QED) is 0.727. The number of rotatable bonds is 4. The van der Waals surface area contributed by atoms with E-state index in [1.165, 1.54) is 0 Å². The first-order valence-corrected chi connectivity index (χ1v) is 5.22. The van der Waals surface area contributed by atoms with Crippen molar-refractivity contribution in [2.75, 3.05) is 0 Å². The van der Waals surface area contributed by atoms with E-state index in [0.29, 0.717) is 12.8 Å². The van der Waals surface area contributed by atoms with Gasteiger partial charge in [0.25, 0.3) is 0 Å². The molecule has 0 radical (unpaired) electrons. The summed E-state index contributed by atoms with van der Waals surface area (Å²) in [4.78, 5) is 13.7. The maximum atomic E-state index is 10.6. The molecule has 16 heavy (non-hydrogen) atoms. The number of nitrogens with two attached hydrogens (primary N) is 1. The summed E-state index contributed by atoms with van der Waals surface area (Å²) in [5, 5.41) is 9.83. The van der Waals surface area contributed by atoms with Gasteiger partial charge in [0, 0.05) is 17.1 Å². The minimum atomic E-state index is -0.945. The highest BCUT2D eigenvalue weighted by molar-refractivity contribution is 5.83. The van der Waals surface area contributed by atoms with Crippen molar-refractivity contribution in [1.29, 1.82) is 0 Å². The van der Waals surface area contributed by atoms with Crippen LogP contribution in [0.5, 0.6) is 0 Å². The standard InChI is InChI=1S/C12H14N2O2/c13-10(12(15)16)6-5-8-7-14-11-4-2-1-3-9(8)11/h1-4,7,10,14H,5-6,13H2,(H,15,16)/t10-/m1/s1. The Labute approximate surface area is 93.1 Å². The van der Waals surface area contributed by atoms with Crippen molar-refractivity contribution in [3.05, 3.63) is 36.0 Å². The van der Waals surface area contributed by atoms with Crippen LogP contribution in [0.4, 0.5) is 0 Å². The first-order valence-electron chi connectivity index (χ1n) is 5.22. The Morgan fingerprint density at radius 1 is 1.44 bits per heavy atom. The Morgan fingerprint density at radius 3 is 2.94 bits per heavy atom. The van der Waals surface area contributed by atoms with Crippen molar-refractivity contribution in [1.82, 2.24) is 4.98 Å². The number of carboxylic acid groups (broad SMARTS) is 1. The highest BCUT2D eigenvalue weighted by atomic mass is 16.4. The summed E-state index contributed by atoms with van der Waals surface area (Å²) in [6.07, 6.45) is 3.05. The van der Waals surface area contributed by atoms with Gasteiger partial charge in [0.1, 0.15) is 6.04 Å². The number of fused-ring (bicyclic) bond motifs is 1. The van der Waals surface area contributed by atoms with Gasteiger partial charge in [0.15, 0.2) is 0 Å². The van der Waals surface area contributed by atoms with E-state index in [-0.39, 0.29) is 0 Å². The predicted molar refractivity (Wildman–Crippen MR) is 62.2 cm³/mol. The highest BCUT2D eigenvalue weighted by Crippen LogP contribution is 2.19. The summed E-state index contributed by atoms with van der Waals surface area (Å²) in [7, 11) is 0. The van der Waals surface area contributed by atoms with E-state index < -0.39 is 12.0 Å². The summed E-state index contributed by atoms with van der Waals surface area (Å²) in [5.41, 5.74) is 7.66. The number of hydrogen-bond donors (Lipinski definition) is 3. The maximum absolute atomic E-state index is 10.6. The molecule has 0 fully saturated rings. The third-order valence-corrected chi connectivity index (χ3v) is 2.72. The average Bonchev–Trinajstić information content (AvgIpc) is 2.69. The van der Waals surface area contributed by atoms with Gasteiger partial charge < -0.3 is 15.8 Å². The lowest BCUT2D eigenvalue weighted by molar-refractivity contribution is -0.138. The van der Waals surface area contributed by atoms with E-state index >= 15 is 0 Å². The molecule has 4 N–H and O–H groups in total. The molecule has 0 saturated carbocycles. The Balaban J connectivity index is 2.13. The second kappa shape index (κ2) is 4.37. The van der Waals surface area contributed by atoms with Crippen LogP contribution in [0, 0.1) is 0 Å². The van der Waals surface area contributed by atoms with Crippen LogP contribution >= 0.6 is 0 Å². The zero-order valence-electron chi connectivity index (χ0n) is 8.81. The molecule has 4 nitrogen and oxygen atoms in total. The molecule has 0 spiro atoms. The van der Waals surface area contributed by atoms with Crippen molar-refractivity contribution in [2.24, 2.45) is 5.73 Å². The number of carboxylic acids is 1. The van der Waals surface area contributed by atoms with Crippen LogP contribution in [-0.2, 0) is 11.2 Å². The van der Waals surface area contributed by atoms with Gasteiger partial charge in [-0.1, -0.05) is 18.2 Å². The van der Waals surface area contributed by atoms with Crippen LogP contribution in [0.2, 0.25) is 0 Å². The molecule has 4 heteroatoms. The summed E-state index contributed by atoms with van der Waals surface area (Å²) in [6.45, 7) is 0. The third-order valence-electron chi connectivity index (χ3n) is 2.72. The number of H-pyrrole nitrogens is 1. The normalized spacial score (nSPS) is 12.8. The van der Waals surface area contributed by atoms with Gasteiger partial charge in [0.2, 0.25) is 0 Å². The molecule has 0 bridgehead atoms. The van der Waals surface area contributed by atoms with Crippen LogP contribution in [0.25, 0.3) is 10.9 Å². The zero-order chi connectivity index (χ0) is 11.5. The van der Waals surface area contributed by atoms with E-state index in [1.54, 1.807) is 0 Å². The summed E-state index contributed by atoms with van der Waals surface area (Å²) in [5.74, 6) is -0.945. The minimum Gasteiger partial charge on any atom is -0.480 e. The van der Waals surface area contributed by atoms with E-state index in [9.17, 15) is 4.79 Å². The number of para-hydroxylation sites is 1. The zero-order valence-corrected chi connectivity index (χ0v) is 8.81. The van der Waals surface area contributed by atoms with Gasteiger partial charge in [-0.05, 0) is 24.5 Å². The van der Waals surface area contributed by atoms with Crippen molar-refractivity contribution < 1.29 is 9.90 Å². The number of aryl methyl sites for hydroxylation is 1. The molecule has 0 unspecified atom stereocenters. The van der Waals surface area contributed by atoms with Crippen molar-refractivity contribution in [2.45, 2.75) is 18.9 Å². The van der Waals surface area contributed by atoms with E-state index in [0.717, 1.165) is 16.5 Å². The average molecular weight is 218 g/mol. The van der Waals surface area contributed by atoms with E-state index in [1.807, 2.05) is 30.5 Å². The van der Waals surface area contributed by atoms with Crippen LogP contribution in [0.1, 0.15) is 12.0 Å². The molecule has 0 aliphatic carbocycles. The summed E-state index contributed by atoms with van der Waals surface area (Å²) in [6, 6.07) is 7.17. The lowest BCUT2D eigenvalue weighted by atomic mass is 10.1. The topological polar surface area (TPSA) is 79.1 Å². The van der Waals surface area contributed by atoms with Crippen LogP contribution in [0.3, 0.4) is 0 Å². The molecule has 1 aromatic heterocycles. The van der Waals surface area contributed by atoms with E-state index in [2.05, 4.69) is 4.98 Å². The molecule has 1 atom stereocenters. The number of carbonyl (C=O) groups is 1. The maximum Gasteiger partial charge on any atom is 0.320 e. The van der Waals surface area contributed by atoms with Crippen molar-refractivity contribution >= 4 is 16.9 Å². The van der Waals surface area contributed by atoms with E-state index in [4.69, 9.17) is 10.8 Å². The first kappa shape index (κ1) is 10.7. The Morgan fingerprint density at radius 2 is 2.19 bits per heavy atom. The summed E-state index contributed by atoms with van der Waals surface area (Å²) < 4.78 is 0.